The molecule has 0 saturated heterocycles. The fraction of sp³-hybridized carbons (Fsp3) is 0.100. The molecule has 0 aliphatic carbocycles. The van der Waals surface area contributed by atoms with Crippen molar-refractivity contribution in [1.82, 2.24) is 4.98 Å². The molecule has 66 valence electrons. The summed E-state index contributed by atoms with van der Waals surface area (Å²) in [5.41, 5.74) is 1.63. The van der Waals surface area contributed by atoms with Crippen LogP contribution in [0.1, 0.15) is 10.4 Å². The molecule has 0 spiro atoms. The molecule has 0 radical (unpaired) electrons. The highest BCUT2D eigenvalue weighted by Gasteiger charge is 2.03. The zero-order valence-corrected chi connectivity index (χ0v) is 7.20. The molecule has 1 N–H and O–H groups in total. The molecule has 0 bridgehead atoms. The molecule has 0 aliphatic heterocycles. The predicted octanol–water partition coefficient (Wildman–Crippen LogP) is 1.99. The van der Waals surface area contributed by atoms with Gasteiger partial charge in [0.25, 0.3) is 0 Å². The first-order valence-electron chi connectivity index (χ1n) is 3.95. The minimum Gasteiger partial charge on any atom is -0.495 e. The molecule has 1 aromatic heterocycles. The second kappa shape index (κ2) is 2.94. The minimum atomic E-state index is 0.658. The molecule has 3 heteroatoms. The Balaban J connectivity index is 2.71. The van der Waals surface area contributed by atoms with Gasteiger partial charge in [0.05, 0.1) is 7.11 Å². The van der Waals surface area contributed by atoms with Crippen LogP contribution in [-0.4, -0.2) is 18.4 Å². The normalized spacial score (nSPS) is 10.2. The number of rotatable bonds is 2. The molecule has 1 aromatic carbocycles. The van der Waals surface area contributed by atoms with E-state index < -0.39 is 0 Å². The van der Waals surface area contributed by atoms with Crippen LogP contribution in [0, 0.1) is 0 Å². The molecule has 0 atom stereocenters. The summed E-state index contributed by atoms with van der Waals surface area (Å²) in [6.07, 6.45) is 2.60. The van der Waals surface area contributed by atoms with E-state index >= 15 is 0 Å². The molecule has 3 nitrogen and oxygen atoms in total. The van der Waals surface area contributed by atoms with Crippen LogP contribution < -0.4 is 4.74 Å². The minimum absolute atomic E-state index is 0.658. The highest BCUT2D eigenvalue weighted by molar-refractivity contribution is 5.91. The van der Waals surface area contributed by atoms with Gasteiger partial charge in [-0.3, -0.25) is 4.79 Å². The second-order valence-electron chi connectivity index (χ2n) is 2.78. The number of hydrogen-bond donors (Lipinski definition) is 1. The van der Waals surface area contributed by atoms with Gasteiger partial charge in [-0.15, -0.1) is 0 Å². The summed E-state index contributed by atoms with van der Waals surface area (Å²) in [7, 11) is 1.61. The van der Waals surface area contributed by atoms with E-state index in [0.29, 0.717) is 5.56 Å². The van der Waals surface area contributed by atoms with Crippen LogP contribution >= 0.6 is 0 Å². The number of hydrogen-bond acceptors (Lipinski definition) is 2. The van der Waals surface area contributed by atoms with Gasteiger partial charge < -0.3 is 9.72 Å². The average Bonchev–Trinajstić information content (AvgIpc) is 2.59. The molecule has 0 saturated carbocycles. The quantitative estimate of drug-likeness (QED) is 0.709. The van der Waals surface area contributed by atoms with E-state index in [0.717, 1.165) is 22.9 Å². The van der Waals surface area contributed by atoms with Gasteiger partial charge in [-0.25, -0.2) is 0 Å². The first kappa shape index (κ1) is 7.86. The standard InChI is InChI=1S/C10H9NO2/c1-13-10-5-11-9-3-2-7(6-12)4-8(9)10/h2-6,11H,1H3. The van der Waals surface area contributed by atoms with E-state index in [1.54, 1.807) is 25.4 Å². The SMILES string of the molecule is COc1c[nH]c2ccc(C=O)cc12. The predicted molar refractivity (Wildman–Crippen MR) is 50.2 cm³/mol. The first-order chi connectivity index (χ1) is 6.35. The number of fused-ring (bicyclic) bond motifs is 1. The van der Waals surface area contributed by atoms with Crippen molar-refractivity contribution in [3.8, 4) is 5.75 Å². The molecule has 1 heterocycles. The van der Waals surface area contributed by atoms with Crippen LogP contribution in [0.15, 0.2) is 24.4 Å². The Kier molecular flexibility index (Phi) is 1.77. The van der Waals surface area contributed by atoms with Gasteiger partial charge in [-0.05, 0) is 18.2 Å². The smallest absolute Gasteiger partial charge is 0.150 e. The van der Waals surface area contributed by atoms with Crippen molar-refractivity contribution in [2.45, 2.75) is 0 Å². The van der Waals surface area contributed by atoms with Crippen LogP contribution in [0.3, 0.4) is 0 Å². The number of methoxy groups -OCH3 is 1. The largest absolute Gasteiger partial charge is 0.495 e. The molecule has 2 rings (SSSR count). The Bertz CT molecular complexity index is 445. The first-order valence-corrected chi connectivity index (χ1v) is 3.95. The maximum atomic E-state index is 10.5. The number of nitrogens with one attached hydrogen (secondary N) is 1. The molecule has 2 aromatic rings. The zero-order valence-electron chi connectivity index (χ0n) is 7.20. The summed E-state index contributed by atoms with van der Waals surface area (Å²) in [5.74, 6) is 0.763. The van der Waals surface area contributed by atoms with Crippen molar-refractivity contribution < 1.29 is 9.53 Å². The number of ether oxygens (including phenoxy) is 1. The highest BCUT2D eigenvalue weighted by Crippen LogP contribution is 2.25. The number of carbonyl (C=O) groups excluding carboxylic acids is 1. The van der Waals surface area contributed by atoms with Gasteiger partial charge in [-0.2, -0.15) is 0 Å². The lowest BCUT2D eigenvalue weighted by Crippen LogP contribution is -1.81. The van der Waals surface area contributed by atoms with E-state index in [2.05, 4.69) is 4.98 Å². The van der Waals surface area contributed by atoms with Crippen LogP contribution in [0.25, 0.3) is 10.9 Å². The third kappa shape index (κ3) is 1.18. The van der Waals surface area contributed by atoms with Gasteiger partial charge in [0.2, 0.25) is 0 Å². The van der Waals surface area contributed by atoms with Crippen LogP contribution in [-0.2, 0) is 0 Å². The Labute approximate surface area is 75.3 Å². The fourth-order valence-corrected chi connectivity index (χ4v) is 1.35. The molecule has 0 fully saturated rings. The third-order valence-corrected chi connectivity index (χ3v) is 2.02. The maximum Gasteiger partial charge on any atom is 0.150 e. The molecule has 0 aliphatic rings. The van der Waals surface area contributed by atoms with Gasteiger partial charge in [0.1, 0.15) is 12.0 Å². The summed E-state index contributed by atoms with van der Waals surface area (Å²) in [5, 5.41) is 0.937. The van der Waals surface area contributed by atoms with E-state index in [-0.39, 0.29) is 0 Å². The number of aromatic amines is 1. The summed E-state index contributed by atoms with van der Waals surface area (Å²) in [4.78, 5) is 13.6. The van der Waals surface area contributed by atoms with Gasteiger partial charge in [0.15, 0.2) is 0 Å². The number of carbonyl (C=O) groups is 1. The Morgan fingerprint density at radius 3 is 3.00 bits per heavy atom. The molecule has 0 unspecified atom stereocenters. The van der Waals surface area contributed by atoms with Crippen molar-refractivity contribution in [2.75, 3.05) is 7.11 Å². The van der Waals surface area contributed by atoms with Crippen molar-refractivity contribution in [3.63, 3.8) is 0 Å². The van der Waals surface area contributed by atoms with Crippen molar-refractivity contribution in [2.24, 2.45) is 0 Å². The van der Waals surface area contributed by atoms with Crippen molar-refractivity contribution >= 4 is 17.2 Å². The number of aromatic nitrogens is 1. The van der Waals surface area contributed by atoms with E-state index in [1.165, 1.54) is 0 Å². The van der Waals surface area contributed by atoms with Gasteiger partial charge in [0, 0.05) is 22.7 Å². The third-order valence-electron chi connectivity index (χ3n) is 2.02. The van der Waals surface area contributed by atoms with E-state index in [4.69, 9.17) is 4.74 Å². The Hall–Kier alpha value is -1.77. The fourth-order valence-electron chi connectivity index (χ4n) is 1.35. The monoisotopic (exact) mass is 175 g/mol. The highest BCUT2D eigenvalue weighted by atomic mass is 16.5. The van der Waals surface area contributed by atoms with Crippen molar-refractivity contribution in [3.05, 3.63) is 30.0 Å². The van der Waals surface area contributed by atoms with E-state index in [9.17, 15) is 4.79 Å². The lowest BCUT2D eigenvalue weighted by atomic mass is 10.2. The number of benzene rings is 1. The lowest BCUT2D eigenvalue weighted by molar-refractivity contribution is 0.112. The summed E-state index contributed by atoms with van der Waals surface area (Å²) >= 11 is 0. The molecule has 0 amide bonds. The topological polar surface area (TPSA) is 42.1 Å². The number of aldehydes is 1. The zero-order chi connectivity index (χ0) is 9.26. The summed E-state index contributed by atoms with van der Waals surface area (Å²) in [6, 6.07) is 5.44. The second-order valence-corrected chi connectivity index (χ2v) is 2.78. The lowest BCUT2D eigenvalue weighted by Gasteiger charge is -1.96. The van der Waals surface area contributed by atoms with Gasteiger partial charge in [-0.1, -0.05) is 0 Å². The molecular formula is C10H9NO2. The van der Waals surface area contributed by atoms with Crippen LogP contribution in [0.5, 0.6) is 5.75 Å². The average molecular weight is 175 g/mol. The van der Waals surface area contributed by atoms with E-state index in [1.807, 2.05) is 6.07 Å². The Morgan fingerprint density at radius 1 is 1.46 bits per heavy atom. The summed E-state index contributed by atoms with van der Waals surface area (Å²) in [6.45, 7) is 0. The Morgan fingerprint density at radius 2 is 2.31 bits per heavy atom. The summed E-state index contributed by atoms with van der Waals surface area (Å²) < 4.78 is 5.12. The molecular weight excluding hydrogens is 166 g/mol. The van der Waals surface area contributed by atoms with Crippen LogP contribution in [0.2, 0.25) is 0 Å². The molecule has 13 heavy (non-hydrogen) atoms. The number of H-pyrrole nitrogens is 1. The maximum absolute atomic E-state index is 10.5. The van der Waals surface area contributed by atoms with Crippen molar-refractivity contribution in [1.29, 1.82) is 0 Å². The van der Waals surface area contributed by atoms with Crippen LogP contribution in [0.4, 0.5) is 0 Å². The van der Waals surface area contributed by atoms with Gasteiger partial charge >= 0.3 is 0 Å².